The molecular formula is C16H22F2IN5O. The number of guanidine groups is 1. The van der Waals surface area contributed by atoms with Crippen LogP contribution in [0.25, 0.3) is 0 Å². The van der Waals surface area contributed by atoms with E-state index in [0.29, 0.717) is 31.2 Å². The molecule has 0 saturated carbocycles. The van der Waals surface area contributed by atoms with Crippen LogP contribution in [0.4, 0.5) is 8.78 Å². The van der Waals surface area contributed by atoms with Crippen molar-refractivity contribution in [3.63, 3.8) is 0 Å². The molecule has 0 unspecified atom stereocenters. The highest BCUT2D eigenvalue weighted by molar-refractivity contribution is 14.0. The molecule has 6 nitrogen and oxygen atoms in total. The van der Waals surface area contributed by atoms with Gasteiger partial charge in [0.05, 0.1) is 12.7 Å². The molecule has 0 amide bonds. The molecule has 9 heteroatoms. The summed E-state index contributed by atoms with van der Waals surface area (Å²) in [7, 11) is 1.65. The van der Waals surface area contributed by atoms with Crippen LogP contribution in [-0.4, -0.2) is 35.9 Å². The third-order valence-electron chi connectivity index (χ3n) is 3.25. The number of alkyl halides is 2. The van der Waals surface area contributed by atoms with Crippen molar-refractivity contribution < 1.29 is 13.5 Å². The molecule has 0 fully saturated rings. The van der Waals surface area contributed by atoms with Gasteiger partial charge in [-0.1, -0.05) is 18.2 Å². The highest BCUT2D eigenvalue weighted by atomic mass is 127. The van der Waals surface area contributed by atoms with E-state index < -0.39 is 6.61 Å². The van der Waals surface area contributed by atoms with E-state index in [4.69, 9.17) is 0 Å². The third kappa shape index (κ3) is 7.24. The first-order valence-electron chi connectivity index (χ1n) is 7.55. The summed E-state index contributed by atoms with van der Waals surface area (Å²) in [6, 6.07) is 6.66. The Bertz CT molecular complexity index is 678. The predicted octanol–water partition coefficient (Wildman–Crippen LogP) is 2.78. The van der Waals surface area contributed by atoms with Gasteiger partial charge >= 0.3 is 6.61 Å². The average Bonchev–Trinajstić information content (AvgIpc) is 2.97. The van der Waals surface area contributed by atoms with E-state index in [0.717, 1.165) is 5.56 Å². The maximum atomic E-state index is 12.4. The van der Waals surface area contributed by atoms with Crippen LogP contribution >= 0.6 is 24.0 Å². The number of rotatable bonds is 7. The molecule has 2 rings (SSSR count). The zero-order chi connectivity index (χ0) is 17.4. The van der Waals surface area contributed by atoms with Crippen molar-refractivity contribution in [1.82, 2.24) is 20.4 Å². The topological polar surface area (TPSA) is 63.5 Å². The zero-order valence-corrected chi connectivity index (χ0v) is 16.4. The minimum Gasteiger partial charge on any atom is -0.434 e. The molecule has 0 spiro atoms. The highest BCUT2D eigenvalue weighted by Gasteiger charge is 2.09. The molecule has 1 aromatic carbocycles. The molecule has 1 aromatic heterocycles. The van der Waals surface area contributed by atoms with E-state index in [1.807, 2.05) is 17.8 Å². The van der Waals surface area contributed by atoms with Crippen LogP contribution in [0.15, 0.2) is 41.7 Å². The Morgan fingerprint density at radius 3 is 2.72 bits per heavy atom. The number of nitrogens with zero attached hydrogens (tertiary/aromatic N) is 3. The summed E-state index contributed by atoms with van der Waals surface area (Å²) >= 11 is 0. The number of nitrogens with one attached hydrogen (secondary N) is 2. The van der Waals surface area contributed by atoms with Crippen LogP contribution in [0.3, 0.4) is 0 Å². The smallest absolute Gasteiger partial charge is 0.387 e. The lowest BCUT2D eigenvalue weighted by molar-refractivity contribution is -0.0504. The highest BCUT2D eigenvalue weighted by Crippen LogP contribution is 2.19. The summed E-state index contributed by atoms with van der Waals surface area (Å²) in [5, 5.41) is 10.4. The van der Waals surface area contributed by atoms with Crippen LogP contribution < -0.4 is 15.4 Å². The first-order chi connectivity index (χ1) is 11.6. The monoisotopic (exact) mass is 465 g/mol. The first-order valence-corrected chi connectivity index (χ1v) is 7.55. The largest absolute Gasteiger partial charge is 0.434 e. The van der Waals surface area contributed by atoms with E-state index in [9.17, 15) is 8.78 Å². The average molecular weight is 465 g/mol. The molecule has 25 heavy (non-hydrogen) atoms. The fourth-order valence-corrected chi connectivity index (χ4v) is 2.14. The second-order valence-corrected chi connectivity index (χ2v) is 5.12. The minimum atomic E-state index is -2.85. The summed E-state index contributed by atoms with van der Waals surface area (Å²) in [5.74, 6) is 0.730. The summed E-state index contributed by atoms with van der Waals surface area (Å²) in [4.78, 5) is 4.11. The van der Waals surface area contributed by atoms with Gasteiger partial charge in [-0.05, 0) is 18.6 Å². The number of para-hydroxylation sites is 1. The normalized spacial score (nSPS) is 11.2. The molecule has 0 aliphatic carbocycles. The molecule has 138 valence electrons. The SMILES string of the molecule is CN=C(NCCn1cc(C)cn1)NCc1ccccc1OC(F)F.I. The lowest BCUT2D eigenvalue weighted by atomic mass is 10.2. The van der Waals surface area contributed by atoms with Gasteiger partial charge in [-0.25, -0.2) is 0 Å². The zero-order valence-electron chi connectivity index (χ0n) is 14.1. The molecule has 0 atom stereocenters. The fraction of sp³-hybridized carbons (Fsp3) is 0.375. The number of halogens is 3. The van der Waals surface area contributed by atoms with E-state index in [1.54, 1.807) is 31.4 Å². The van der Waals surface area contributed by atoms with Crippen molar-refractivity contribution in [2.24, 2.45) is 4.99 Å². The van der Waals surface area contributed by atoms with Crippen LogP contribution in [0.1, 0.15) is 11.1 Å². The molecule has 0 radical (unpaired) electrons. The Kier molecular flexibility index (Phi) is 9.17. The number of benzene rings is 1. The van der Waals surface area contributed by atoms with Crippen LogP contribution in [0, 0.1) is 6.92 Å². The molecule has 0 aliphatic heterocycles. The van der Waals surface area contributed by atoms with Crippen molar-refractivity contribution in [1.29, 1.82) is 0 Å². The Balaban J connectivity index is 0.00000312. The molecule has 2 N–H and O–H groups in total. The van der Waals surface area contributed by atoms with E-state index in [-0.39, 0.29) is 29.7 Å². The number of aromatic nitrogens is 2. The van der Waals surface area contributed by atoms with Crippen LogP contribution in [0.5, 0.6) is 5.75 Å². The van der Waals surface area contributed by atoms with Crippen molar-refractivity contribution in [2.45, 2.75) is 26.6 Å². The standard InChI is InChI=1S/C16H21F2N5O.HI/c1-12-9-22-23(11-12)8-7-20-16(19-2)21-10-13-5-3-4-6-14(13)24-15(17)18;/h3-6,9,11,15H,7-8,10H2,1-2H3,(H2,19,20,21);1H. The molecule has 0 saturated heterocycles. The lowest BCUT2D eigenvalue weighted by Gasteiger charge is -2.14. The molecular weight excluding hydrogens is 443 g/mol. The summed E-state index contributed by atoms with van der Waals surface area (Å²) in [6.07, 6.45) is 3.75. The summed E-state index contributed by atoms with van der Waals surface area (Å²) < 4.78 is 31.2. The van der Waals surface area contributed by atoms with Gasteiger partial charge in [0.25, 0.3) is 0 Å². The minimum absolute atomic E-state index is 0. The van der Waals surface area contributed by atoms with Gasteiger partial charge in [0.2, 0.25) is 0 Å². The van der Waals surface area contributed by atoms with Gasteiger partial charge < -0.3 is 15.4 Å². The van der Waals surface area contributed by atoms with Gasteiger partial charge in [-0.3, -0.25) is 9.67 Å². The number of aryl methyl sites for hydroxylation is 1. The Labute approximate surface area is 162 Å². The Hall–Kier alpha value is -1.91. The fourth-order valence-electron chi connectivity index (χ4n) is 2.14. The van der Waals surface area contributed by atoms with Crippen molar-refractivity contribution in [3.8, 4) is 5.75 Å². The van der Waals surface area contributed by atoms with Crippen molar-refractivity contribution in [2.75, 3.05) is 13.6 Å². The summed E-state index contributed by atoms with van der Waals surface area (Å²) in [6.45, 7) is 0.788. The van der Waals surface area contributed by atoms with Gasteiger partial charge in [-0.15, -0.1) is 24.0 Å². The third-order valence-corrected chi connectivity index (χ3v) is 3.25. The van der Waals surface area contributed by atoms with E-state index in [2.05, 4.69) is 25.5 Å². The number of hydrogen-bond donors (Lipinski definition) is 2. The van der Waals surface area contributed by atoms with Crippen molar-refractivity contribution in [3.05, 3.63) is 47.8 Å². The Morgan fingerprint density at radius 2 is 2.08 bits per heavy atom. The molecule has 1 heterocycles. The molecule has 0 bridgehead atoms. The predicted molar refractivity (Wildman–Crippen MR) is 104 cm³/mol. The van der Waals surface area contributed by atoms with Gasteiger partial charge in [0, 0.05) is 31.9 Å². The first kappa shape index (κ1) is 21.1. The quantitative estimate of drug-likeness (QED) is 0.375. The van der Waals surface area contributed by atoms with Gasteiger partial charge in [0.15, 0.2) is 5.96 Å². The number of aliphatic imine (C=N–C) groups is 1. The van der Waals surface area contributed by atoms with Crippen LogP contribution in [0.2, 0.25) is 0 Å². The van der Waals surface area contributed by atoms with E-state index >= 15 is 0 Å². The number of ether oxygens (including phenoxy) is 1. The molecule has 2 aromatic rings. The maximum absolute atomic E-state index is 12.4. The van der Waals surface area contributed by atoms with Crippen LogP contribution in [-0.2, 0) is 13.1 Å². The summed E-state index contributed by atoms with van der Waals surface area (Å²) in [5.41, 5.74) is 1.73. The Morgan fingerprint density at radius 1 is 1.32 bits per heavy atom. The number of hydrogen-bond acceptors (Lipinski definition) is 3. The van der Waals surface area contributed by atoms with Gasteiger partial charge in [0.1, 0.15) is 5.75 Å². The van der Waals surface area contributed by atoms with Crippen molar-refractivity contribution >= 4 is 29.9 Å². The van der Waals surface area contributed by atoms with Gasteiger partial charge in [-0.2, -0.15) is 13.9 Å². The lowest BCUT2D eigenvalue weighted by Crippen LogP contribution is -2.38. The maximum Gasteiger partial charge on any atom is 0.387 e. The second kappa shape index (κ2) is 10.9. The molecule has 0 aliphatic rings. The second-order valence-electron chi connectivity index (χ2n) is 5.12. The van der Waals surface area contributed by atoms with E-state index in [1.165, 1.54) is 6.07 Å².